The topological polar surface area (TPSA) is 87.5 Å². The number of aromatic nitrogens is 2. The zero-order chi connectivity index (χ0) is 17.6. The first-order valence-corrected chi connectivity index (χ1v) is 8.95. The molecule has 2 aliphatic heterocycles. The molecule has 3 fully saturated rings. The number of nitrogens with zero attached hydrogens (tertiary/aromatic N) is 4. The van der Waals surface area contributed by atoms with Crippen molar-refractivity contribution < 1.29 is 14.4 Å². The van der Waals surface area contributed by atoms with Crippen LogP contribution in [0.2, 0.25) is 0 Å². The standard InChI is InChI=1S/C17H23N5O3/c1-20-15(24)17(19-16(20)25)7-10-21(11-8-17)14(23)13-6-9-18-22(13)12-4-2-3-5-12/h6,9,12H,2-5,7-8,10-11H2,1H3,(H,19,25). The largest absolute Gasteiger partial charge is 0.337 e. The van der Waals surface area contributed by atoms with Crippen LogP contribution >= 0.6 is 0 Å². The maximum Gasteiger partial charge on any atom is 0.324 e. The van der Waals surface area contributed by atoms with Crippen molar-refractivity contribution in [2.45, 2.75) is 50.1 Å². The van der Waals surface area contributed by atoms with Crippen LogP contribution in [-0.4, -0.2) is 63.1 Å². The highest BCUT2D eigenvalue weighted by molar-refractivity contribution is 6.07. The summed E-state index contributed by atoms with van der Waals surface area (Å²) >= 11 is 0. The molecule has 0 bridgehead atoms. The zero-order valence-corrected chi connectivity index (χ0v) is 14.4. The van der Waals surface area contributed by atoms with Crippen LogP contribution in [-0.2, 0) is 4.79 Å². The van der Waals surface area contributed by atoms with Gasteiger partial charge in [0.1, 0.15) is 11.2 Å². The van der Waals surface area contributed by atoms with E-state index in [2.05, 4.69) is 10.4 Å². The van der Waals surface area contributed by atoms with Crippen LogP contribution in [0.25, 0.3) is 0 Å². The summed E-state index contributed by atoms with van der Waals surface area (Å²) in [4.78, 5) is 39.9. The molecule has 25 heavy (non-hydrogen) atoms. The SMILES string of the molecule is CN1C(=O)NC2(CCN(C(=O)c3ccnn3C3CCCC3)CC2)C1=O. The van der Waals surface area contributed by atoms with Gasteiger partial charge in [0.25, 0.3) is 11.8 Å². The van der Waals surface area contributed by atoms with Gasteiger partial charge in [-0.25, -0.2) is 4.79 Å². The van der Waals surface area contributed by atoms with Gasteiger partial charge in [-0.2, -0.15) is 5.10 Å². The van der Waals surface area contributed by atoms with Gasteiger partial charge in [0, 0.05) is 26.3 Å². The Hall–Kier alpha value is -2.38. The average Bonchev–Trinajstić information content (AvgIpc) is 3.34. The van der Waals surface area contributed by atoms with E-state index in [9.17, 15) is 14.4 Å². The fraction of sp³-hybridized carbons (Fsp3) is 0.647. The van der Waals surface area contributed by atoms with Crippen molar-refractivity contribution in [2.75, 3.05) is 20.1 Å². The number of amides is 4. The number of nitrogens with one attached hydrogen (secondary N) is 1. The number of imide groups is 1. The molecule has 1 spiro atoms. The number of urea groups is 1. The van der Waals surface area contributed by atoms with E-state index in [1.165, 1.54) is 19.9 Å². The summed E-state index contributed by atoms with van der Waals surface area (Å²) < 4.78 is 1.87. The van der Waals surface area contributed by atoms with Crippen molar-refractivity contribution in [3.05, 3.63) is 18.0 Å². The monoisotopic (exact) mass is 345 g/mol. The second-order valence-corrected chi connectivity index (χ2v) is 7.27. The predicted octanol–water partition coefficient (Wildman–Crippen LogP) is 1.15. The molecular formula is C17H23N5O3. The van der Waals surface area contributed by atoms with Gasteiger partial charge in [-0.1, -0.05) is 12.8 Å². The Morgan fingerprint density at radius 3 is 2.52 bits per heavy atom. The molecule has 0 aromatic carbocycles. The first kappa shape index (κ1) is 16.1. The molecule has 3 heterocycles. The third-order valence-electron chi connectivity index (χ3n) is 5.83. The summed E-state index contributed by atoms with van der Waals surface area (Å²) in [6.07, 6.45) is 7.08. The van der Waals surface area contributed by atoms with Gasteiger partial charge >= 0.3 is 6.03 Å². The molecule has 0 unspecified atom stereocenters. The van der Waals surface area contributed by atoms with Gasteiger partial charge < -0.3 is 10.2 Å². The lowest BCUT2D eigenvalue weighted by atomic mass is 9.87. The molecule has 3 aliphatic rings. The summed E-state index contributed by atoms with van der Waals surface area (Å²) in [5, 5.41) is 7.17. The molecular weight excluding hydrogens is 322 g/mol. The summed E-state index contributed by atoms with van der Waals surface area (Å²) in [5.41, 5.74) is -0.212. The Bertz CT molecular complexity index is 714. The molecule has 1 aromatic heterocycles. The highest BCUT2D eigenvalue weighted by Crippen LogP contribution is 2.32. The van der Waals surface area contributed by atoms with Crippen molar-refractivity contribution in [1.82, 2.24) is 24.9 Å². The molecule has 8 heteroatoms. The number of hydrogen-bond donors (Lipinski definition) is 1. The van der Waals surface area contributed by atoms with E-state index >= 15 is 0 Å². The predicted molar refractivity (Wildman–Crippen MR) is 88.9 cm³/mol. The molecule has 0 atom stereocenters. The Kier molecular flexibility index (Phi) is 3.77. The summed E-state index contributed by atoms with van der Waals surface area (Å²) in [6, 6.07) is 1.74. The van der Waals surface area contributed by atoms with E-state index in [0.29, 0.717) is 37.7 Å². The van der Waals surface area contributed by atoms with Crippen molar-refractivity contribution in [3.8, 4) is 0 Å². The maximum atomic E-state index is 12.9. The Balaban J connectivity index is 1.47. The molecule has 4 amide bonds. The van der Waals surface area contributed by atoms with Gasteiger partial charge in [0.2, 0.25) is 0 Å². The quantitative estimate of drug-likeness (QED) is 0.815. The lowest BCUT2D eigenvalue weighted by Crippen LogP contribution is -2.56. The van der Waals surface area contributed by atoms with Gasteiger partial charge in [0.05, 0.1) is 6.04 Å². The molecule has 1 N–H and O–H groups in total. The van der Waals surface area contributed by atoms with Crippen LogP contribution in [0.5, 0.6) is 0 Å². The summed E-state index contributed by atoms with van der Waals surface area (Å²) in [6.45, 7) is 0.906. The summed E-state index contributed by atoms with van der Waals surface area (Å²) in [7, 11) is 1.49. The van der Waals surface area contributed by atoms with E-state index in [1.54, 1.807) is 17.2 Å². The Morgan fingerprint density at radius 1 is 1.24 bits per heavy atom. The normalized spacial score (nSPS) is 23.6. The number of rotatable bonds is 2. The molecule has 4 rings (SSSR count). The molecule has 1 aliphatic carbocycles. The number of carbonyl (C=O) groups is 3. The van der Waals surface area contributed by atoms with Crippen LogP contribution in [0.15, 0.2) is 12.3 Å². The minimum absolute atomic E-state index is 0.0376. The van der Waals surface area contributed by atoms with Crippen molar-refractivity contribution in [3.63, 3.8) is 0 Å². The highest BCUT2D eigenvalue weighted by Gasteiger charge is 2.51. The van der Waals surface area contributed by atoms with Crippen LogP contribution in [0.1, 0.15) is 55.1 Å². The highest BCUT2D eigenvalue weighted by atomic mass is 16.2. The van der Waals surface area contributed by atoms with Crippen molar-refractivity contribution in [2.24, 2.45) is 0 Å². The third-order valence-corrected chi connectivity index (χ3v) is 5.83. The van der Waals surface area contributed by atoms with Crippen LogP contribution in [0.3, 0.4) is 0 Å². The lowest BCUT2D eigenvalue weighted by Gasteiger charge is -2.37. The maximum absolute atomic E-state index is 12.9. The van der Waals surface area contributed by atoms with Gasteiger partial charge in [-0.3, -0.25) is 19.2 Å². The lowest BCUT2D eigenvalue weighted by molar-refractivity contribution is -0.131. The Morgan fingerprint density at radius 2 is 1.92 bits per heavy atom. The van der Waals surface area contributed by atoms with Crippen LogP contribution in [0.4, 0.5) is 4.79 Å². The van der Waals surface area contributed by atoms with E-state index in [1.807, 2.05) is 4.68 Å². The number of likely N-dealkylation sites (N-methyl/N-ethyl adjacent to an activating group) is 1. The molecule has 2 saturated heterocycles. The van der Waals surface area contributed by atoms with Crippen molar-refractivity contribution >= 4 is 17.8 Å². The molecule has 1 aromatic rings. The van der Waals surface area contributed by atoms with Gasteiger partial charge in [-0.05, 0) is 31.7 Å². The fourth-order valence-electron chi connectivity index (χ4n) is 4.27. The zero-order valence-electron chi connectivity index (χ0n) is 14.4. The van der Waals surface area contributed by atoms with Crippen LogP contribution in [0, 0.1) is 0 Å². The molecule has 8 nitrogen and oxygen atoms in total. The van der Waals surface area contributed by atoms with Crippen LogP contribution < -0.4 is 5.32 Å². The smallest absolute Gasteiger partial charge is 0.324 e. The average molecular weight is 345 g/mol. The van der Waals surface area contributed by atoms with Gasteiger partial charge in [-0.15, -0.1) is 0 Å². The van der Waals surface area contributed by atoms with Gasteiger partial charge in [0.15, 0.2) is 0 Å². The van der Waals surface area contributed by atoms with E-state index in [-0.39, 0.29) is 17.8 Å². The minimum atomic E-state index is -0.839. The summed E-state index contributed by atoms with van der Waals surface area (Å²) in [5.74, 6) is -0.232. The second kappa shape index (κ2) is 5.86. The number of piperidine rings is 1. The minimum Gasteiger partial charge on any atom is -0.337 e. The first-order chi connectivity index (χ1) is 12.0. The first-order valence-electron chi connectivity index (χ1n) is 8.95. The molecule has 1 saturated carbocycles. The number of hydrogen-bond acceptors (Lipinski definition) is 4. The molecule has 134 valence electrons. The fourth-order valence-corrected chi connectivity index (χ4v) is 4.27. The molecule has 0 radical (unpaired) electrons. The van der Waals surface area contributed by atoms with Crippen molar-refractivity contribution in [1.29, 1.82) is 0 Å². The van der Waals surface area contributed by atoms with E-state index in [4.69, 9.17) is 0 Å². The second-order valence-electron chi connectivity index (χ2n) is 7.27. The number of likely N-dealkylation sites (tertiary alicyclic amines) is 1. The van der Waals surface area contributed by atoms with E-state index in [0.717, 1.165) is 17.7 Å². The number of carbonyl (C=O) groups excluding carboxylic acids is 3. The third kappa shape index (κ3) is 2.51. The Labute approximate surface area is 146 Å². The van der Waals surface area contributed by atoms with E-state index < -0.39 is 5.54 Å².